The van der Waals surface area contributed by atoms with Crippen LogP contribution in [0.5, 0.6) is 0 Å². The number of aryl methyl sites for hydroxylation is 1. The predicted molar refractivity (Wildman–Crippen MR) is 93.4 cm³/mol. The summed E-state index contributed by atoms with van der Waals surface area (Å²) in [6, 6.07) is 10.4. The second-order valence-corrected chi connectivity index (χ2v) is 5.99. The molecule has 0 atom stereocenters. The highest BCUT2D eigenvalue weighted by atomic mass is 19.1. The maximum Gasteiger partial charge on any atom is 0.346 e. The monoisotopic (exact) mass is 352 g/mol. The summed E-state index contributed by atoms with van der Waals surface area (Å²) in [5.41, 5.74) is 2.11. The number of hydrogen-bond acceptors (Lipinski definition) is 2. The van der Waals surface area contributed by atoms with Crippen molar-refractivity contribution >= 4 is 22.9 Å². The van der Waals surface area contributed by atoms with Crippen molar-refractivity contribution in [1.29, 1.82) is 5.26 Å². The molecule has 130 valence electrons. The van der Waals surface area contributed by atoms with Crippen LogP contribution in [0.25, 0.3) is 17.0 Å². The fourth-order valence-electron chi connectivity index (χ4n) is 2.94. The molecule has 0 amide bonds. The van der Waals surface area contributed by atoms with Gasteiger partial charge in [-0.25, -0.2) is 13.6 Å². The molecule has 0 aliphatic rings. The van der Waals surface area contributed by atoms with Gasteiger partial charge in [0.05, 0.1) is 0 Å². The van der Waals surface area contributed by atoms with Crippen molar-refractivity contribution in [2.75, 3.05) is 0 Å². The van der Waals surface area contributed by atoms with Crippen molar-refractivity contribution in [2.45, 2.75) is 13.5 Å². The smallest absolute Gasteiger partial charge is 0.346 e. The lowest BCUT2D eigenvalue weighted by Crippen LogP contribution is -1.99. The van der Waals surface area contributed by atoms with Crippen molar-refractivity contribution < 1.29 is 18.7 Å². The maximum atomic E-state index is 13.7. The summed E-state index contributed by atoms with van der Waals surface area (Å²) in [6.45, 7) is 2.11. The second-order valence-electron chi connectivity index (χ2n) is 5.99. The first-order chi connectivity index (χ1) is 12.4. The summed E-state index contributed by atoms with van der Waals surface area (Å²) >= 11 is 0. The van der Waals surface area contributed by atoms with Crippen LogP contribution in [0.2, 0.25) is 0 Å². The molecule has 6 heteroatoms. The number of nitrogens with zero attached hydrogens (tertiary/aromatic N) is 2. The number of carboxylic acid groups (broad SMARTS) is 1. The van der Waals surface area contributed by atoms with E-state index in [1.807, 2.05) is 6.07 Å². The zero-order valence-corrected chi connectivity index (χ0v) is 13.8. The van der Waals surface area contributed by atoms with Gasteiger partial charge in [0, 0.05) is 29.2 Å². The maximum absolute atomic E-state index is 13.7. The van der Waals surface area contributed by atoms with Gasteiger partial charge in [-0.05, 0) is 54.5 Å². The second kappa shape index (κ2) is 6.81. The molecule has 0 aliphatic carbocycles. The molecule has 0 bridgehead atoms. The number of carbonyl (C=O) groups is 1. The van der Waals surface area contributed by atoms with Gasteiger partial charge in [0.1, 0.15) is 23.3 Å². The summed E-state index contributed by atoms with van der Waals surface area (Å²) in [6.07, 6.45) is 2.84. The van der Waals surface area contributed by atoms with Gasteiger partial charge < -0.3 is 9.67 Å². The highest BCUT2D eigenvalue weighted by Crippen LogP contribution is 2.26. The van der Waals surface area contributed by atoms with Gasteiger partial charge in [-0.15, -0.1) is 0 Å². The Bertz CT molecular complexity index is 1070. The summed E-state index contributed by atoms with van der Waals surface area (Å²) in [4.78, 5) is 11.1. The number of aliphatic carboxylic acids is 1. The molecular formula is C20H14F2N2O2. The van der Waals surface area contributed by atoms with Gasteiger partial charge >= 0.3 is 5.97 Å². The number of halogens is 2. The molecule has 3 aromatic rings. The number of carboxylic acids is 1. The molecule has 1 aromatic heterocycles. The standard InChI is InChI=1S/C20H14F2N2O2/c1-12-4-13(6-17(22)5-12)10-24-11-15(7-14(9-23)20(25)26)18-8-16(21)2-3-19(18)24/h2-8,11H,10H2,1H3,(H,25,26)/b14-7+. The summed E-state index contributed by atoms with van der Waals surface area (Å²) in [7, 11) is 0. The van der Waals surface area contributed by atoms with Crippen molar-refractivity contribution in [1.82, 2.24) is 4.57 Å². The Hall–Kier alpha value is -3.46. The number of benzene rings is 2. The van der Waals surface area contributed by atoms with Crippen molar-refractivity contribution in [3.8, 4) is 6.07 Å². The molecule has 2 aromatic carbocycles. The minimum atomic E-state index is -1.36. The number of nitriles is 1. The number of hydrogen-bond donors (Lipinski definition) is 1. The Kier molecular flexibility index (Phi) is 4.55. The lowest BCUT2D eigenvalue weighted by Gasteiger charge is -2.07. The predicted octanol–water partition coefficient (Wildman–Crippen LogP) is 4.27. The SMILES string of the molecule is Cc1cc(F)cc(Cn2cc(/C=C(\C#N)C(=O)O)c3cc(F)ccc32)c1. The minimum absolute atomic E-state index is 0.323. The Balaban J connectivity index is 2.15. The van der Waals surface area contributed by atoms with Gasteiger partial charge in [-0.2, -0.15) is 5.26 Å². The molecule has 0 radical (unpaired) electrons. The Morgan fingerprint density at radius 2 is 2.00 bits per heavy atom. The van der Waals surface area contributed by atoms with Crippen LogP contribution in [0.4, 0.5) is 8.78 Å². The van der Waals surface area contributed by atoms with Crippen molar-refractivity contribution in [3.63, 3.8) is 0 Å². The zero-order valence-electron chi connectivity index (χ0n) is 13.8. The van der Waals surface area contributed by atoms with E-state index >= 15 is 0 Å². The molecule has 3 rings (SSSR count). The van der Waals surface area contributed by atoms with Crippen LogP contribution >= 0.6 is 0 Å². The normalized spacial score (nSPS) is 11.5. The first kappa shape index (κ1) is 17.4. The third-order valence-electron chi connectivity index (χ3n) is 3.98. The van der Waals surface area contributed by atoms with E-state index in [1.54, 1.807) is 29.8 Å². The van der Waals surface area contributed by atoms with E-state index in [9.17, 15) is 13.6 Å². The van der Waals surface area contributed by atoms with E-state index in [0.717, 1.165) is 11.1 Å². The quantitative estimate of drug-likeness (QED) is 0.563. The zero-order chi connectivity index (χ0) is 18.8. The minimum Gasteiger partial charge on any atom is -0.477 e. The number of fused-ring (bicyclic) bond motifs is 1. The van der Waals surface area contributed by atoms with Gasteiger partial charge in [0.15, 0.2) is 0 Å². The topological polar surface area (TPSA) is 66.0 Å². The van der Waals surface area contributed by atoms with Crippen LogP contribution in [-0.4, -0.2) is 15.6 Å². The average molecular weight is 352 g/mol. The van der Waals surface area contributed by atoms with E-state index in [4.69, 9.17) is 10.4 Å². The fourth-order valence-corrected chi connectivity index (χ4v) is 2.94. The molecule has 0 aliphatic heterocycles. The molecule has 4 nitrogen and oxygen atoms in total. The van der Waals surface area contributed by atoms with Crippen LogP contribution in [0.15, 0.2) is 48.2 Å². The van der Waals surface area contributed by atoms with Crippen LogP contribution in [0.1, 0.15) is 16.7 Å². The van der Waals surface area contributed by atoms with E-state index in [2.05, 4.69) is 0 Å². The van der Waals surface area contributed by atoms with E-state index in [1.165, 1.54) is 30.3 Å². The van der Waals surface area contributed by atoms with Crippen LogP contribution in [0.3, 0.4) is 0 Å². The first-order valence-electron chi connectivity index (χ1n) is 7.77. The molecular weight excluding hydrogens is 338 g/mol. The number of rotatable bonds is 4. The Morgan fingerprint density at radius 1 is 1.23 bits per heavy atom. The number of aromatic nitrogens is 1. The Labute approximate surface area is 148 Å². The molecule has 0 saturated carbocycles. The van der Waals surface area contributed by atoms with Crippen LogP contribution in [0, 0.1) is 29.9 Å². The lowest BCUT2D eigenvalue weighted by molar-refractivity contribution is -0.132. The van der Waals surface area contributed by atoms with E-state index in [-0.39, 0.29) is 5.82 Å². The lowest BCUT2D eigenvalue weighted by atomic mass is 10.1. The highest BCUT2D eigenvalue weighted by Gasteiger charge is 2.13. The molecule has 1 N–H and O–H groups in total. The van der Waals surface area contributed by atoms with Gasteiger partial charge in [-0.3, -0.25) is 0 Å². The molecule has 0 spiro atoms. The van der Waals surface area contributed by atoms with Gasteiger partial charge in [0.2, 0.25) is 0 Å². The highest BCUT2D eigenvalue weighted by molar-refractivity contribution is 6.00. The summed E-state index contributed by atoms with van der Waals surface area (Å²) in [5.74, 6) is -2.17. The van der Waals surface area contributed by atoms with E-state index < -0.39 is 17.4 Å². The summed E-state index contributed by atoms with van der Waals surface area (Å²) < 4.78 is 29.1. The van der Waals surface area contributed by atoms with Crippen molar-refractivity contribution in [3.05, 3.63) is 76.5 Å². The van der Waals surface area contributed by atoms with Crippen molar-refractivity contribution in [2.24, 2.45) is 0 Å². The Morgan fingerprint density at radius 3 is 2.65 bits per heavy atom. The largest absolute Gasteiger partial charge is 0.477 e. The molecule has 1 heterocycles. The third-order valence-corrected chi connectivity index (χ3v) is 3.98. The molecule has 0 saturated heterocycles. The van der Waals surface area contributed by atoms with E-state index in [0.29, 0.717) is 23.0 Å². The van der Waals surface area contributed by atoms with Crippen LogP contribution < -0.4 is 0 Å². The van der Waals surface area contributed by atoms with Crippen LogP contribution in [-0.2, 0) is 11.3 Å². The van der Waals surface area contributed by atoms with Gasteiger partial charge in [-0.1, -0.05) is 6.07 Å². The molecule has 0 unspecified atom stereocenters. The molecule has 26 heavy (non-hydrogen) atoms. The molecule has 0 fully saturated rings. The van der Waals surface area contributed by atoms with Gasteiger partial charge in [0.25, 0.3) is 0 Å². The fraction of sp³-hybridized carbons (Fsp3) is 0.100. The first-order valence-corrected chi connectivity index (χ1v) is 7.77. The summed E-state index contributed by atoms with van der Waals surface area (Å²) in [5, 5.41) is 18.5. The third kappa shape index (κ3) is 3.47. The average Bonchev–Trinajstić information content (AvgIpc) is 2.88.